The van der Waals surface area contributed by atoms with Crippen molar-refractivity contribution in [2.24, 2.45) is 0 Å². The first-order valence-corrected chi connectivity index (χ1v) is 10.3. The number of carbonyl (C=O) groups is 2. The zero-order valence-electron chi connectivity index (χ0n) is 16.9. The quantitative estimate of drug-likeness (QED) is 0.774. The van der Waals surface area contributed by atoms with Crippen LogP contribution in [0.4, 0.5) is 4.39 Å². The highest BCUT2D eigenvalue weighted by Gasteiger charge is 2.29. The minimum absolute atomic E-state index is 0.0658. The molecule has 0 N–H and O–H groups in total. The van der Waals surface area contributed by atoms with Crippen LogP contribution in [0.3, 0.4) is 0 Å². The Hall–Kier alpha value is -2.77. The summed E-state index contributed by atoms with van der Waals surface area (Å²) in [5.74, 6) is -0.509. The van der Waals surface area contributed by atoms with Crippen LogP contribution in [-0.4, -0.2) is 85.0 Å². The molecule has 6 nitrogen and oxygen atoms in total. The summed E-state index contributed by atoms with van der Waals surface area (Å²) < 4.78 is 19.3. The molecule has 0 radical (unpaired) electrons. The van der Waals surface area contributed by atoms with Crippen molar-refractivity contribution in [1.29, 1.82) is 0 Å². The molecule has 4 rings (SSSR count). The number of benzene rings is 2. The van der Waals surface area contributed by atoms with E-state index in [9.17, 15) is 14.0 Å². The molecular formula is C23H26FN3O3. The van der Waals surface area contributed by atoms with Crippen molar-refractivity contribution in [3.63, 3.8) is 0 Å². The van der Waals surface area contributed by atoms with E-state index < -0.39 is 5.82 Å². The smallest absolute Gasteiger partial charge is 0.254 e. The Morgan fingerprint density at radius 3 is 2.30 bits per heavy atom. The SMILES string of the molecule is O=C(c1ccccc1)N1CCN(CC2CN(C(=O)c3cccc(F)c3)CCO2)CC1. The molecule has 30 heavy (non-hydrogen) atoms. The Morgan fingerprint density at radius 2 is 1.57 bits per heavy atom. The van der Waals surface area contributed by atoms with Crippen molar-refractivity contribution in [2.45, 2.75) is 6.10 Å². The second-order valence-electron chi connectivity index (χ2n) is 7.71. The van der Waals surface area contributed by atoms with Gasteiger partial charge in [0.2, 0.25) is 0 Å². The van der Waals surface area contributed by atoms with Gasteiger partial charge < -0.3 is 14.5 Å². The minimum Gasteiger partial charge on any atom is -0.373 e. The average molecular weight is 411 g/mol. The molecule has 0 spiro atoms. The normalized spacial score (nSPS) is 20.2. The van der Waals surface area contributed by atoms with E-state index in [1.807, 2.05) is 35.2 Å². The van der Waals surface area contributed by atoms with E-state index in [-0.39, 0.29) is 17.9 Å². The van der Waals surface area contributed by atoms with Gasteiger partial charge in [-0.2, -0.15) is 0 Å². The topological polar surface area (TPSA) is 53.1 Å². The summed E-state index contributed by atoms with van der Waals surface area (Å²) in [6.45, 7) is 5.06. The summed E-state index contributed by atoms with van der Waals surface area (Å²) >= 11 is 0. The number of halogens is 1. The van der Waals surface area contributed by atoms with Crippen LogP contribution < -0.4 is 0 Å². The molecule has 0 saturated carbocycles. The number of hydrogen-bond acceptors (Lipinski definition) is 4. The van der Waals surface area contributed by atoms with Gasteiger partial charge in [-0.25, -0.2) is 4.39 Å². The van der Waals surface area contributed by atoms with E-state index in [0.717, 1.165) is 13.1 Å². The molecule has 0 aromatic heterocycles. The second-order valence-corrected chi connectivity index (χ2v) is 7.71. The van der Waals surface area contributed by atoms with E-state index in [4.69, 9.17) is 4.74 Å². The van der Waals surface area contributed by atoms with Crippen LogP contribution in [0.2, 0.25) is 0 Å². The maximum atomic E-state index is 13.4. The zero-order valence-corrected chi connectivity index (χ0v) is 16.9. The molecule has 2 aromatic carbocycles. The first-order valence-electron chi connectivity index (χ1n) is 10.3. The molecule has 1 atom stereocenters. The van der Waals surface area contributed by atoms with E-state index >= 15 is 0 Å². The summed E-state index contributed by atoms with van der Waals surface area (Å²) in [6.07, 6.45) is -0.0902. The summed E-state index contributed by atoms with van der Waals surface area (Å²) in [7, 11) is 0. The zero-order chi connectivity index (χ0) is 20.9. The Kier molecular flexibility index (Phi) is 6.40. The molecule has 7 heteroatoms. The molecule has 1 unspecified atom stereocenters. The molecule has 2 saturated heterocycles. The Balaban J connectivity index is 1.28. The van der Waals surface area contributed by atoms with Crippen LogP contribution in [-0.2, 0) is 4.74 Å². The number of carbonyl (C=O) groups excluding carboxylic acids is 2. The van der Waals surface area contributed by atoms with Gasteiger partial charge in [0.25, 0.3) is 11.8 Å². The van der Waals surface area contributed by atoms with E-state index in [1.54, 1.807) is 17.0 Å². The number of rotatable bonds is 4. The van der Waals surface area contributed by atoms with Crippen LogP contribution in [0.5, 0.6) is 0 Å². The lowest BCUT2D eigenvalue weighted by Gasteiger charge is -2.39. The number of ether oxygens (including phenoxy) is 1. The van der Waals surface area contributed by atoms with Crippen LogP contribution >= 0.6 is 0 Å². The lowest BCUT2D eigenvalue weighted by molar-refractivity contribution is -0.0400. The largest absolute Gasteiger partial charge is 0.373 e. The van der Waals surface area contributed by atoms with Gasteiger partial charge in [0.05, 0.1) is 12.7 Å². The van der Waals surface area contributed by atoms with E-state index in [1.165, 1.54) is 12.1 Å². The Labute approximate surface area is 175 Å². The number of hydrogen-bond donors (Lipinski definition) is 0. The average Bonchev–Trinajstić information content (AvgIpc) is 2.79. The lowest BCUT2D eigenvalue weighted by atomic mass is 10.1. The molecule has 2 aromatic rings. The number of piperazine rings is 1. The van der Waals surface area contributed by atoms with Crippen molar-refractivity contribution >= 4 is 11.8 Å². The highest BCUT2D eigenvalue weighted by Crippen LogP contribution is 2.15. The fourth-order valence-corrected chi connectivity index (χ4v) is 4.00. The molecule has 2 amide bonds. The predicted octanol–water partition coefficient (Wildman–Crippen LogP) is 2.12. The van der Waals surface area contributed by atoms with Gasteiger partial charge in [0.15, 0.2) is 0 Å². The second kappa shape index (κ2) is 9.36. The minimum atomic E-state index is -0.409. The van der Waals surface area contributed by atoms with Gasteiger partial charge in [0, 0.05) is 56.9 Å². The summed E-state index contributed by atoms with van der Waals surface area (Å²) in [5, 5.41) is 0. The predicted molar refractivity (Wildman–Crippen MR) is 111 cm³/mol. The first kappa shape index (κ1) is 20.5. The monoisotopic (exact) mass is 411 g/mol. The third-order valence-corrected chi connectivity index (χ3v) is 5.64. The standard InChI is InChI=1S/C23H26FN3O3/c24-20-8-4-7-19(15-20)23(29)27-13-14-30-21(17-27)16-25-9-11-26(12-10-25)22(28)18-5-2-1-3-6-18/h1-8,15,21H,9-14,16-17H2. The van der Waals surface area contributed by atoms with Crippen molar-refractivity contribution in [2.75, 3.05) is 52.4 Å². The molecule has 0 aliphatic carbocycles. The Morgan fingerprint density at radius 1 is 0.867 bits per heavy atom. The molecular weight excluding hydrogens is 385 g/mol. The molecule has 158 valence electrons. The van der Waals surface area contributed by atoms with Crippen molar-refractivity contribution in [1.82, 2.24) is 14.7 Å². The fraction of sp³-hybridized carbons (Fsp3) is 0.391. The Bertz CT molecular complexity index is 884. The lowest BCUT2D eigenvalue weighted by Crippen LogP contribution is -2.54. The van der Waals surface area contributed by atoms with Crippen LogP contribution in [0.25, 0.3) is 0 Å². The summed E-state index contributed by atoms with van der Waals surface area (Å²) in [5.41, 5.74) is 1.08. The molecule has 2 heterocycles. The highest BCUT2D eigenvalue weighted by atomic mass is 19.1. The molecule has 2 aliphatic rings. The summed E-state index contributed by atoms with van der Waals surface area (Å²) in [6, 6.07) is 15.1. The number of nitrogens with zero attached hydrogens (tertiary/aromatic N) is 3. The van der Waals surface area contributed by atoms with Crippen molar-refractivity contribution < 1.29 is 18.7 Å². The highest BCUT2D eigenvalue weighted by molar-refractivity contribution is 5.94. The van der Waals surface area contributed by atoms with Gasteiger partial charge >= 0.3 is 0 Å². The maximum absolute atomic E-state index is 13.4. The van der Waals surface area contributed by atoms with Gasteiger partial charge in [0.1, 0.15) is 5.82 Å². The van der Waals surface area contributed by atoms with Crippen molar-refractivity contribution in [3.8, 4) is 0 Å². The molecule has 0 bridgehead atoms. The van der Waals surface area contributed by atoms with Gasteiger partial charge in [-0.05, 0) is 30.3 Å². The first-order chi connectivity index (χ1) is 14.6. The van der Waals surface area contributed by atoms with Gasteiger partial charge in [-0.1, -0.05) is 24.3 Å². The van der Waals surface area contributed by atoms with Crippen LogP contribution in [0, 0.1) is 5.82 Å². The maximum Gasteiger partial charge on any atom is 0.254 e. The van der Waals surface area contributed by atoms with Crippen LogP contribution in [0.1, 0.15) is 20.7 Å². The molecule has 2 aliphatic heterocycles. The van der Waals surface area contributed by atoms with E-state index in [2.05, 4.69) is 4.90 Å². The molecule has 2 fully saturated rings. The fourth-order valence-electron chi connectivity index (χ4n) is 4.00. The van der Waals surface area contributed by atoms with Gasteiger partial charge in [-0.15, -0.1) is 0 Å². The number of morpholine rings is 1. The van der Waals surface area contributed by atoms with Gasteiger partial charge in [-0.3, -0.25) is 14.5 Å². The van der Waals surface area contributed by atoms with Crippen LogP contribution in [0.15, 0.2) is 54.6 Å². The summed E-state index contributed by atoms with van der Waals surface area (Å²) in [4.78, 5) is 31.2. The number of amides is 2. The third kappa shape index (κ3) is 4.86. The van der Waals surface area contributed by atoms with E-state index in [0.29, 0.717) is 50.5 Å². The van der Waals surface area contributed by atoms with Crippen molar-refractivity contribution in [3.05, 3.63) is 71.5 Å². The third-order valence-electron chi connectivity index (χ3n) is 5.64.